The molecular weight excluding hydrogens is 512 g/mol. The maximum atomic E-state index is 14.2. The molecule has 0 saturated carbocycles. The molecule has 8 heteroatoms. The molecule has 0 radical (unpaired) electrons. The van der Waals surface area contributed by atoms with E-state index in [2.05, 4.69) is 53.3 Å². The fourth-order valence-corrected chi connectivity index (χ4v) is 4.87. The number of hydrogen-bond donors (Lipinski definition) is 0. The van der Waals surface area contributed by atoms with Crippen molar-refractivity contribution in [3.63, 3.8) is 0 Å². The molecule has 0 spiro atoms. The Kier molecular flexibility index (Phi) is 7.53. The van der Waals surface area contributed by atoms with Gasteiger partial charge in [0.15, 0.2) is 23.7 Å². The normalized spacial score (nSPS) is 14.1. The fraction of sp³-hybridized carbons (Fsp3) is 0.250. The first-order valence-corrected chi connectivity index (χ1v) is 13.4. The summed E-state index contributed by atoms with van der Waals surface area (Å²) in [7, 11) is 0. The summed E-state index contributed by atoms with van der Waals surface area (Å²) in [4.78, 5) is 8.82. The van der Waals surface area contributed by atoms with Crippen molar-refractivity contribution >= 4 is 0 Å². The third-order valence-corrected chi connectivity index (χ3v) is 6.97. The van der Waals surface area contributed by atoms with Crippen LogP contribution in [0.15, 0.2) is 79.1 Å². The zero-order valence-electron chi connectivity index (χ0n) is 22.1. The Labute approximate surface area is 231 Å². The molecule has 0 N–H and O–H groups in total. The number of aromatic nitrogens is 3. The number of ether oxygens (including phenoxy) is 3. The standard InChI is InChI=1S/C32H29F2N3O3/c1-21-18-24(38-17-13-30-39-15-3-16-40-30)10-11-25(21)23-8-6-22(7-9-23)19-37-14-12-28-29(20-37)36-32(35-28)26-4-2-5-27(33)31(26)34/h2,4-12,14,18,20,30H,3,13,15-17,19H2,1H3. The molecule has 40 heavy (non-hydrogen) atoms. The van der Waals surface area contributed by atoms with Gasteiger partial charge in [-0.05, 0) is 65.9 Å². The highest BCUT2D eigenvalue weighted by atomic mass is 19.2. The lowest BCUT2D eigenvalue weighted by Crippen LogP contribution is -2.26. The van der Waals surface area contributed by atoms with Gasteiger partial charge in [-0.1, -0.05) is 36.4 Å². The lowest BCUT2D eigenvalue weighted by molar-refractivity contribution is -0.183. The van der Waals surface area contributed by atoms with Crippen molar-refractivity contribution < 1.29 is 23.0 Å². The number of imidazole rings is 1. The van der Waals surface area contributed by atoms with Crippen LogP contribution in [-0.2, 0) is 16.0 Å². The highest BCUT2D eigenvalue weighted by Gasteiger charge is 2.18. The van der Waals surface area contributed by atoms with Crippen LogP contribution in [0.5, 0.6) is 5.75 Å². The van der Waals surface area contributed by atoms with Crippen LogP contribution in [0.3, 0.4) is 0 Å². The van der Waals surface area contributed by atoms with E-state index in [9.17, 15) is 8.78 Å². The topological polar surface area (TPSA) is 58.4 Å². The van der Waals surface area contributed by atoms with E-state index >= 15 is 0 Å². The minimum atomic E-state index is -0.942. The highest BCUT2D eigenvalue weighted by Crippen LogP contribution is 2.29. The molecular formula is C32H29F2N3O3. The van der Waals surface area contributed by atoms with E-state index < -0.39 is 11.6 Å². The van der Waals surface area contributed by atoms with E-state index in [4.69, 9.17) is 14.2 Å². The molecule has 3 aromatic rings. The molecule has 0 atom stereocenters. The van der Waals surface area contributed by atoms with Gasteiger partial charge in [0.2, 0.25) is 0 Å². The summed E-state index contributed by atoms with van der Waals surface area (Å²) in [6, 6.07) is 20.4. The molecule has 3 heterocycles. The van der Waals surface area contributed by atoms with Gasteiger partial charge in [-0.2, -0.15) is 0 Å². The Bertz CT molecular complexity index is 1580. The second-order valence-electron chi connectivity index (χ2n) is 9.87. The number of hydrogen-bond acceptors (Lipinski definition) is 5. The van der Waals surface area contributed by atoms with Crippen LogP contribution in [0.25, 0.3) is 33.9 Å². The number of halogens is 2. The van der Waals surface area contributed by atoms with Crippen molar-refractivity contribution in [3.05, 3.63) is 102 Å². The minimum Gasteiger partial charge on any atom is -0.493 e. The van der Waals surface area contributed by atoms with Crippen molar-refractivity contribution in [1.29, 1.82) is 0 Å². The summed E-state index contributed by atoms with van der Waals surface area (Å²) in [6.45, 7) is 4.75. The maximum Gasteiger partial charge on any atom is 0.169 e. The van der Waals surface area contributed by atoms with E-state index in [1.165, 1.54) is 12.1 Å². The first-order valence-electron chi connectivity index (χ1n) is 13.4. The van der Waals surface area contributed by atoms with Gasteiger partial charge in [-0.15, -0.1) is 0 Å². The Morgan fingerprint density at radius 1 is 0.925 bits per heavy atom. The van der Waals surface area contributed by atoms with Crippen LogP contribution >= 0.6 is 0 Å². The number of benzene rings is 3. The zero-order valence-corrected chi connectivity index (χ0v) is 22.1. The molecule has 0 amide bonds. The highest BCUT2D eigenvalue weighted by molar-refractivity contribution is 5.68. The Hall–Kier alpha value is -4.14. The van der Waals surface area contributed by atoms with Crippen LogP contribution in [-0.4, -0.2) is 40.6 Å². The number of nitrogens with zero attached hydrogens (tertiary/aromatic N) is 3. The van der Waals surface area contributed by atoms with Gasteiger partial charge in [0, 0.05) is 25.4 Å². The van der Waals surface area contributed by atoms with Crippen molar-refractivity contribution in [2.45, 2.75) is 32.6 Å². The van der Waals surface area contributed by atoms with E-state index in [1.807, 2.05) is 29.1 Å². The molecule has 0 bridgehead atoms. The summed E-state index contributed by atoms with van der Waals surface area (Å²) < 4.78 is 47.0. The molecule has 3 aromatic carbocycles. The molecule has 6 rings (SSSR count). The molecule has 1 fully saturated rings. The van der Waals surface area contributed by atoms with Crippen LogP contribution in [0.4, 0.5) is 8.78 Å². The van der Waals surface area contributed by atoms with Crippen molar-refractivity contribution in [2.75, 3.05) is 19.8 Å². The Morgan fingerprint density at radius 3 is 2.52 bits per heavy atom. The molecule has 0 unspecified atom stereocenters. The monoisotopic (exact) mass is 541 g/mol. The molecule has 1 saturated heterocycles. The minimum absolute atomic E-state index is 0.0527. The second kappa shape index (κ2) is 11.5. The Morgan fingerprint density at radius 2 is 1.73 bits per heavy atom. The van der Waals surface area contributed by atoms with E-state index in [0.717, 1.165) is 53.7 Å². The third-order valence-electron chi connectivity index (χ3n) is 6.97. The lowest BCUT2D eigenvalue weighted by Gasteiger charge is -2.23. The van der Waals surface area contributed by atoms with Gasteiger partial charge in [-0.25, -0.2) is 18.7 Å². The van der Waals surface area contributed by atoms with Crippen molar-refractivity contribution in [1.82, 2.24) is 14.5 Å². The summed E-state index contributed by atoms with van der Waals surface area (Å²) >= 11 is 0. The van der Waals surface area contributed by atoms with Gasteiger partial charge in [0.25, 0.3) is 0 Å². The molecule has 0 aromatic heterocycles. The van der Waals surface area contributed by atoms with E-state index in [1.54, 1.807) is 0 Å². The largest absolute Gasteiger partial charge is 0.493 e. The second-order valence-corrected chi connectivity index (χ2v) is 9.87. The average Bonchev–Trinajstić information content (AvgIpc) is 3.39. The lowest BCUT2D eigenvalue weighted by atomic mass is 9.99. The molecule has 3 aliphatic rings. The van der Waals surface area contributed by atoms with Gasteiger partial charge >= 0.3 is 0 Å². The summed E-state index contributed by atoms with van der Waals surface area (Å²) in [5.41, 5.74) is 5.83. The van der Waals surface area contributed by atoms with E-state index in [-0.39, 0.29) is 17.7 Å². The predicted molar refractivity (Wildman–Crippen MR) is 148 cm³/mol. The van der Waals surface area contributed by atoms with Crippen molar-refractivity contribution in [2.24, 2.45) is 0 Å². The third kappa shape index (κ3) is 5.73. The van der Waals surface area contributed by atoms with Crippen LogP contribution in [0, 0.1) is 18.6 Å². The Balaban J connectivity index is 1.11. The molecule has 204 valence electrons. The smallest absolute Gasteiger partial charge is 0.169 e. The SMILES string of the molecule is Cc1cc(OCCC2OCCCO2)ccc1-c1ccc(Cn2ccc3nc(-c4cccc(F)c4F)nc-3c2)cc1. The van der Waals surface area contributed by atoms with Crippen LogP contribution in [0.2, 0.25) is 0 Å². The fourth-order valence-electron chi connectivity index (χ4n) is 4.87. The maximum absolute atomic E-state index is 14.2. The molecule has 3 aliphatic heterocycles. The van der Waals surface area contributed by atoms with Crippen LogP contribution < -0.4 is 4.74 Å². The number of fused-ring (bicyclic) bond motifs is 1. The van der Waals surface area contributed by atoms with Crippen LogP contribution in [0.1, 0.15) is 24.0 Å². The number of rotatable bonds is 8. The first kappa shape index (κ1) is 26.1. The van der Waals surface area contributed by atoms with E-state index in [0.29, 0.717) is 31.0 Å². The average molecular weight is 542 g/mol. The van der Waals surface area contributed by atoms with Gasteiger partial charge < -0.3 is 18.8 Å². The molecule has 0 aliphatic carbocycles. The summed E-state index contributed by atoms with van der Waals surface area (Å²) in [5.74, 6) is -0.851. The van der Waals surface area contributed by atoms with Gasteiger partial charge in [-0.3, -0.25) is 0 Å². The van der Waals surface area contributed by atoms with Gasteiger partial charge in [0.05, 0.1) is 31.1 Å². The summed E-state index contributed by atoms with van der Waals surface area (Å²) in [6.07, 6.45) is 5.25. The summed E-state index contributed by atoms with van der Waals surface area (Å²) in [5, 5.41) is 0. The number of pyridine rings is 1. The quantitative estimate of drug-likeness (QED) is 0.214. The van der Waals surface area contributed by atoms with Crippen molar-refractivity contribution in [3.8, 4) is 39.7 Å². The number of aryl methyl sites for hydroxylation is 1. The van der Waals surface area contributed by atoms with Gasteiger partial charge in [0.1, 0.15) is 11.4 Å². The zero-order chi connectivity index (χ0) is 27.5. The predicted octanol–water partition coefficient (Wildman–Crippen LogP) is 6.88. The first-order chi connectivity index (χ1) is 19.5. The molecule has 6 nitrogen and oxygen atoms in total.